The zero-order valence-electron chi connectivity index (χ0n) is 15.8. The summed E-state index contributed by atoms with van der Waals surface area (Å²) in [5.74, 6) is -3.23. The van der Waals surface area contributed by atoms with Gasteiger partial charge in [0, 0.05) is 12.4 Å². The first-order valence-electron chi connectivity index (χ1n) is 8.77. The van der Waals surface area contributed by atoms with Gasteiger partial charge in [0.1, 0.15) is 22.8 Å². The van der Waals surface area contributed by atoms with Crippen LogP contribution in [0.1, 0.15) is 28.5 Å². The van der Waals surface area contributed by atoms with Gasteiger partial charge in [-0.25, -0.2) is 0 Å². The number of carboxylic acids is 1. The van der Waals surface area contributed by atoms with Crippen LogP contribution in [0, 0.1) is 0 Å². The van der Waals surface area contributed by atoms with E-state index < -0.39 is 46.7 Å². The number of pyridine rings is 3. The average molecular weight is 436 g/mol. The van der Waals surface area contributed by atoms with Gasteiger partial charge in [0.2, 0.25) is 0 Å². The largest absolute Gasteiger partial charge is 0.505 e. The van der Waals surface area contributed by atoms with Crippen molar-refractivity contribution in [3.05, 3.63) is 63.8 Å². The number of aromatic hydroxyl groups is 1. The van der Waals surface area contributed by atoms with Gasteiger partial charge in [0.05, 0.1) is 12.1 Å². The maximum atomic E-state index is 13.0. The second-order valence-corrected chi connectivity index (χ2v) is 6.57. The van der Waals surface area contributed by atoms with E-state index in [9.17, 15) is 32.7 Å². The third-order valence-electron chi connectivity index (χ3n) is 4.40. The number of carbonyl (C=O) groups is 2. The topological polar surface area (TPSA) is 134 Å². The smallest absolute Gasteiger partial charge is 0.433 e. The molecule has 0 aliphatic heterocycles. The summed E-state index contributed by atoms with van der Waals surface area (Å²) in [5.41, 5.74) is -2.60. The summed E-state index contributed by atoms with van der Waals surface area (Å²) in [5, 5.41) is 21.5. The molecular formula is C19H15F3N4O5. The van der Waals surface area contributed by atoms with Crippen molar-refractivity contribution in [3.8, 4) is 5.75 Å². The molecule has 0 aromatic carbocycles. The van der Waals surface area contributed by atoms with Gasteiger partial charge in [-0.3, -0.25) is 24.4 Å². The quantitative estimate of drug-likeness (QED) is 0.555. The minimum Gasteiger partial charge on any atom is -0.505 e. The number of hydrogen-bond donors (Lipinski definition) is 3. The summed E-state index contributed by atoms with van der Waals surface area (Å²) in [6, 6.07) is 3.43. The molecule has 0 saturated carbocycles. The molecule has 0 spiro atoms. The molecule has 0 saturated heterocycles. The van der Waals surface area contributed by atoms with Crippen LogP contribution in [-0.2, 0) is 17.5 Å². The molecule has 31 heavy (non-hydrogen) atoms. The molecule has 3 aromatic heterocycles. The Balaban J connectivity index is 2.12. The second kappa shape index (κ2) is 8.05. The number of nitrogens with one attached hydrogen (secondary N) is 1. The molecule has 1 atom stereocenters. The van der Waals surface area contributed by atoms with Crippen LogP contribution in [0.4, 0.5) is 13.2 Å². The monoisotopic (exact) mass is 436 g/mol. The minimum atomic E-state index is -4.63. The zero-order valence-corrected chi connectivity index (χ0v) is 15.8. The third kappa shape index (κ3) is 4.32. The number of hydrogen-bond acceptors (Lipinski definition) is 6. The van der Waals surface area contributed by atoms with E-state index in [1.807, 2.05) is 0 Å². The number of carboxylic acid groups (broad SMARTS) is 1. The van der Waals surface area contributed by atoms with E-state index in [-0.39, 0.29) is 23.1 Å². The van der Waals surface area contributed by atoms with Crippen molar-refractivity contribution in [2.24, 2.45) is 0 Å². The van der Waals surface area contributed by atoms with Crippen molar-refractivity contribution in [1.82, 2.24) is 19.9 Å². The Labute approximate surface area is 171 Å². The van der Waals surface area contributed by atoms with Crippen LogP contribution in [0.25, 0.3) is 11.0 Å². The highest BCUT2D eigenvalue weighted by atomic mass is 19.4. The molecule has 0 aliphatic rings. The van der Waals surface area contributed by atoms with Crippen LogP contribution in [-0.4, -0.2) is 42.7 Å². The first-order valence-corrected chi connectivity index (χ1v) is 8.77. The number of nitrogens with zero attached hydrogens (tertiary/aromatic N) is 3. The van der Waals surface area contributed by atoms with E-state index in [1.54, 1.807) is 0 Å². The molecular weight excluding hydrogens is 421 g/mol. The highest BCUT2D eigenvalue weighted by Crippen LogP contribution is 2.28. The maximum absolute atomic E-state index is 13.0. The van der Waals surface area contributed by atoms with E-state index in [1.165, 1.54) is 25.3 Å². The summed E-state index contributed by atoms with van der Waals surface area (Å²) in [6.45, 7) is 0.893. The molecule has 9 nitrogen and oxygen atoms in total. The van der Waals surface area contributed by atoms with Crippen LogP contribution in [0.15, 0.2) is 41.5 Å². The second-order valence-electron chi connectivity index (χ2n) is 6.57. The average Bonchev–Trinajstić information content (AvgIpc) is 2.70. The van der Waals surface area contributed by atoms with Crippen LogP contribution in [0.2, 0.25) is 0 Å². The number of fused-ring (bicyclic) bond motifs is 1. The van der Waals surface area contributed by atoms with Gasteiger partial charge in [-0.15, -0.1) is 0 Å². The normalized spacial score (nSPS) is 12.5. The van der Waals surface area contributed by atoms with Crippen molar-refractivity contribution in [1.29, 1.82) is 0 Å². The predicted molar refractivity (Wildman–Crippen MR) is 101 cm³/mol. The van der Waals surface area contributed by atoms with E-state index in [2.05, 4.69) is 15.3 Å². The summed E-state index contributed by atoms with van der Waals surface area (Å²) in [4.78, 5) is 43.8. The van der Waals surface area contributed by atoms with Crippen molar-refractivity contribution in [2.75, 3.05) is 0 Å². The molecule has 3 rings (SSSR count). The number of carbonyl (C=O) groups excluding carboxylic acids is 1. The molecule has 3 aromatic rings. The van der Waals surface area contributed by atoms with Crippen molar-refractivity contribution < 1.29 is 33.0 Å². The van der Waals surface area contributed by atoms with Gasteiger partial charge < -0.3 is 20.1 Å². The van der Waals surface area contributed by atoms with Crippen LogP contribution >= 0.6 is 0 Å². The van der Waals surface area contributed by atoms with Crippen LogP contribution in [0.3, 0.4) is 0 Å². The maximum Gasteiger partial charge on any atom is 0.433 e. The van der Waals surface area contributed by atoms with E-state index >= 15 is 0 Å². The van der Waals surface area contributed by atoms with E-state index in [0.29, 0.717) is 0 Å². The van der Waals surface area contributed by atoms with Crippen LogP contribution < -0.4 is 10.9 Å². The lowest BCUT2D eigenvalue weighted by atomic mass is 10.1. The minimum absolute atomic E-state index is 0.116. The van der Waals surface area contributed by atoms with Crippen molar-refractivity contribution in [3.63, 3.8) is 0 Å². The molecule has 12 heteroatoms. The SMILES string of the molecule is CC(NC(=O)c1c(O)c2ncccc2n(Cc2ccc(C(F)(F)F)nc2)c1=O)C(=O)O. The molecule has 162 valence electrons. The van der Waals surface area contributed by atoms with Crippen molar-refractivity contribution in [2.45, 2.75) is 25.7 Å². The van der Waals surface area contributed by atoms with Gasteiger partial charge in [0.25, 0.3) is 11.5 Å². The fraction of sp³-hybridized carbons (Fsp3) is 0.211. The molecule has 0 radical (unpaired) electrons. The Bertz CT molecular complexity index is 1220. The molecule has 0 fully saturated rings. The lowest BCUT2D eigenvalue weighted by molar-refractivity contribution is -0.141. The lowest BCUT2D eigenvalue weighted by Gasteiger charge is -2.15. The fourth-order valence-corrected chi connectivity index (χ4v) is 2.82. The first kappa shape index (κ1) is 21.7. The van der Waals surface area contributed by atoms with Gasteiger partial charge in [-0.2, -0.15) is 13.2 Å². The molecule has 3 N–H and O–H groups in total. The Hall–Kier alpha value is -3.96. The fourth-order valence-electron chi connectivity index (χ4n) is 2.82. The highest BCUT2D eigenvalue weighted by Gasteiger charge is 2.32. The highest BCUT2D eigenvalue weighted by molar-refractivity contribution is 6.02. The Morgan fingerprint density at radius 1 is 1.23 bits per heavy atom. The van der Waals surface area contributed by atoms with Crippen molar-refractivity contribution >= 4 is 22.9 Å². The van der Waals surface area contributed by atoms with Gasteiger partial charge in [0.15, 0.2) is 5.75 Å². The molecule has 0 bridgehead atoms. The number of amides is 1. The number of rotatable bonds is 5. The summed E-state index contributed by atoms with van der Waals surface area (Å²) < 4.78 is 39.2. The number of halogens is 3. The first-order chi connectivity index (χ1) is 14.5. The van der Waals surface area contributed by atoms with E-state index in [0.717, 1.165) is 22.9 Å². The van der Waals surface area contributed by atoms with Gasteiger partial charge >= 0.3 is 12.1 Å². The lowest BCUT2D eigenvalue weighted by Crippen LogP contribution is -2.41. The van der Waals surface area contributed by atoms with Gasteiger partial charge in [-0.1, -0.05) is 6.07 Å². The number of aromatic nitrogens is 3. The predicted octanol–water partition coefficient (Wildman–Crippen LogP) is 1.77. The molecule has 1 unspecified atom stereocenters. The number of alkyl halides is 3. The van der Waals surface area contributed by atoms with Crippen LogP contribution in [0.5, 0.6) is 5.75 Å². The Kier molecular flexibility index (Phi) is 5.64. The van der Waals surface area contributed by atoms with E-state index in [4.69, 9.17) is 5.11 Å². The standard InChI is InChI=1S/C19H15F3N4O5/c1-9(18(30)31)25-16(28)13-15(27)14-11(3-2-6-23-14)26(17(13)29)8-10-4-5-12(24-7-10)19(20,21)22/h2-7,9,27H,8H2,1H3,(H,25,28)(H,30,31). The molecule has 0 aliphatic carbocycles. The molecule has 1 amide bonds. The van der Waals surface area contributed by atoms with Gasteiger partial charge in [-0.05, 0) is 30.7 Å². The zero-order chi connectivity index (χ0) is 22.9. The Morgan fingerprint density at radius 2 is 1.94 bits per heavy atom. The molecule has 3 heterocycles. The third-order valence-corrected chi connectivity index (χ3v) is 4.40. The number of aliphatic carboxylic acids is 1. The Morgan fingerprint density at radius 3 is 2.52 bits per heavy atom. The summed E-state index contributed by atoms with van der Waals surface area (Å²) >= 11 is 0. The summed E-state index contributed by atoms with van der Waals surface area (Å²) in [6.07, 6.45) is -2.38. The summed E-state index contributed by atoms with van der Waals surface area (Å²) in [7, 11) is 0.